The molecule has 0 spiro atoms. The summed E-state index contributed by atoms with van der Waals surface area (Å²) < 4.78 is 26.7. The average molecular weight is 769 g/mol. The Morgan fingerprint density at radius 2 is 1.43 bits per heavy atom. The number of nitrogens with zero attached hydrogens (tertiary/aromatic N) is 3. The summed E-state index contributed by atoms with van der Waals surface area (Å²) in [6.07, 6.45) is 7.68. The molecule has 2 N–H and O–H groups in total. The van der Waals surface area contributed by atoms with Crippen molar-refractivity contribution in [2.45, 2.75) is 74.1 Å². The molecule has 13 nitrogen and oxygen atoms in total. The largest absolute Gasteiger partial charge is 0.511 e. The number of hydrogen-bond acceptors (Lipinski definition) is 13. The minimum Gasteiger partial charge on any atom is -0.511 e. The standard InChI is InChI=1S/C43H52N4O9/c1-8-29-23(2)32-22-37-40(27(6)48)25(4)34(45-37)20-33-24(3)30(9-10-39(51)56-18-16-54-14-12-52-11-13-53-15-17-55-28(7)49)42(46-33)31-19-38(50)41-26(5)35(47-43(31)41)21-36(29)44-32/h20-22,24,30,46,50H,8-19H2,1-7H3/t24-,30-/m0/s1. The highest BCUT2D eigenvalue weighted by atomic mass is 16.6. The number of nitrogens with one attached hydrogen (secondary N) is 1. The number of carbonyl (C=O) groups is 3. The van der Waals surface area contributed by atoms with Gasteiger partial charge >= 0.3 is 11.9 Å². The van der Waals surface area contributed by atoms with E-state index in [1.54, 1.807) is 6.92 Å². The van der Waals surface area contributed by atoms with E-state index in [0.717, 1.165) is 74.1 Å². The number of hydrogen-bond donors (Lipinski definition) is 2. The first-order valence-corrected chi connectivity index (χ1v) is 19.4. The first kappa shape index (κ1) is 40.7. The number of ketones is 1. The number of aliphatic hydroxyl groups is 1. The van der Waals surface area contributed by atoms with Crippen LogP contribution in [0.5, 0.6) is 0 Å². The summed E-state index contributed by atoms with van der Waals surface area (Å²) >= 11 is 0. The predicted octanol–water partition coefficient (Wildman–Crippen LogP) is 6.18. The summed E-state index contributed by atoms with van der Waals surface area (Å²) in [7, 11) is 0. The van der Waals surface area contributed by atoms with Gasteiger partial charge in [-0.3, -0.25) is 14.4 Å². The van der Waals surface area contributed by atoms with Crippen molar-refractivity contribution in [1.29, 1.82) is 0 Å². The second-order valence-electron chi connectivity index (χ2n) is 14.5. The van der Waals surface area contributed by atoms with Gasteiger partial charge in [-0.05, 0) is 81.1 Å². The quantitative estimate of drug-likeness (QED) is 0.129. The maximum absolute atomic E-state index is 13.0. The minimum atomic E-state index is -0.340. The van der Waals surface area contributed by atoms with Gasteiger partial charge in [0.1, 0.15) is 19.0 Å². The second kappa shape index (κ2) is 17.9. The van der Waals surface area contributed by atoms with Crippen LogP contribution < -0.4 is 5.32 Å². The smallest absolute Gasteiger partial charge is 0.305 e. The highest BCUT2D eigenvalue weighted by Crippen LogP contribution is 2.46. The molecule has 1 fully saturated rings. The predicted molar refractivity (Wildman–Crippen MR) is 212 cm³/mol. The molecule has 13 heteroatoms. The molecule has 5 heterocycles. The van der Waals surface area contributed by atoms with Gasteiger partial charge in [-0.15, -0.1) is 0 Å². The van der Waals surface area contributed by atoms with Crippen LogP contribution in [0.25, 0.3) is 0 Å². The maximum atomic E-state index is 13.0. The first-order chi connectivity index (χ1) is 26.9. The fourth-order valence-corrected chi connectivity index (χ4v) is 7.90. The first-order valence-electron chi connectivity index (χ1n) is 19.4. The third-order valence-electron chi connectivity index (χ3n) is 10.8. The van der Waals surface area contributed by atoms with Crippen LogP contribution in [-0.4, -0.2) is 92.8 Å². The molecule has 8 bridgehead atoms. The van der Waals surface area contributed by atoms with E-state index in [9.17, 15) is 19.5 Å². The molecule has 2 atom stereocenters. The van der Waals surface area contributed by atoms with E-state index >= 15 is 0 Å². The van der Waals surface area contributed by atoms with E-state index in [1.165, 1.54) is 6.92 Å². The molecule has 0 aromatic carbocycles. The van der Waals surface area contributed by atoms with Crippen molar-refractivity contribution in [2.24, 2.45) is 26.8 Å². The Morgan fingerprint density at radius 3 is 2.07 bits per heavy atom. The lowest BCUT2D eigenvalue weighted by molar-refractivity contribution is -0.145. The van der Waals surface area contributed by atoms with Gasteiger partial charge in [0.2, 0.25) is 0 Å². The lowest BCUT2D eigenvalue weighted by Crippen LogP contribution is -2.17. The average Bonchev–Trinajstić information content (AvgIpc) is 3.91. The fourth-order valence-electron chi connectivity index (χ4n) is 7.90. The Bertz CT molecular complexity index is 2050. The normalized spacial score (nSPS) is 21.3. The van der Waals surface area contributed by atoms with Crippen LogP contribution in [-0.2, 0) is 38.1 Å². The molecule has 1 saturated heterocycles. The van der Waals surface area contributed by atoms with Crippen LogP contribution in [0.1, 0.15) is 74.1 Å². The number of carbonyl (C=O) groups excluding carboxylic acids is 3. The fraction of sp³-hybridized carbons (Fsp3) is 0.488. The van der Waals surface area contributed by atoms with Gasteiger partial charge in [-0.25, -0.2) is 15.0 Å². The van der Waals surface area contributed by atoms with Gasteiger partial charge in [-0.1, -0.05) is 13.8 Å². The number of rotatable bonds is 17. The third kappa shape index (κ3) is 8.69. The summed E-state index contributed by atoms with van der Waals surface area (Å²) in [5.41, 5.74) is 12.2. The molecule has 0 saturated carbocycles. The Hall–Kier alpha value is -4.98. The van der Waals surface area contributed by atoms with E-state index < -0.39 is 0 Å². The zero-order valence-electron chi connectivity index (χ0n) is 33.4. The molecule has 298 valence electrons. The molecule has 0 amide bonds. The number of ether oxygens (including phenoxy) is 5. The molecule has 0 unspecified atom stereocenters. The van der Waals surface area contributed by atoms with Crippen molar-refractivity contribution < 1.29 is 43.2 Å². The molecule has 0 radical (unpaired) electrons. The number of fused-ring (bicyclic) bond motifs is 5. The number of Topliss-reactive ketones (excluding diaryl/α,β-unsaturated/α-hetero) is 1. The molecule has 6 rings (SSSR count). The highest BCUT2D eigenvalue weighted by molar-refractivity contribution is 6.22. The molecule has 0 aromatic rings. The lowest BCUT2D eigenvalue weighted by Gasteiger charge is -2.17. The number of aliphatic hydroxyl groups excluding tert-OH is 1. The molecule has 56 heavy (non-hydrogen) atoms. The summed E-state index contributed by atoms with van der Waals surface area (Å²) in [5.74, 6) is -0.614. The van der Waals surface area contributed by atoms with Crippen molar-refractivity contribution in [3.05, 3.63) is 91.5 Å². The molecular formula is C43H52N4O9. The minimum absolute atomic E-state index is 0.0468. The van der Waals surface area contributed by atoms with Gasteiger partial charge in [0, 0.05) is 59.7 Å². The zero-order valence-corrected chi connectivity index (χ0v) is 33.4. The molecule has 0 aromatic heterocycles. The van der Waals surface area contributed by atoms with Crippen molar-refractivity contribution in [3.8, 4) is 0 Å². The van der Waals surface area contributed by atoms with E-state index in [4.69, 9.17) is 38.7 Å². The van der Waals surface area contributed by atoms with Gasteiger partial charge < -0.3 is 34.1 Å². The van der Waals surface area contributed by atoms with Crippen LogP contribution in [0.3, 0.4) is 0 Å². The highest BCUT2D eigenvalue weighted by Gasteiger charge is 2.41. The van der Waals surface area contributed by atoms with Crippen molar-refractivity contribution >= 4 is 34.9 Å². The van der Waals surface area contributed by atoms with E-state index in [0.29, 0.717) is 62.9 Å². The van der Waals surface area contributed by atoms with Crippen LogP contribution in [0.15, 0.2) is 106 Å². The second-order valence-corrected chi connectivity index (χ2v) is 14.5. The van der Waals surface area contributed by atoms with Crippen LogP contribution >= 0.6 is 0 Å². The van der Waals surface area contributed by atoms with Crippen LogP contribution in [0.2, 0.25) is 0 Å². The van der Waals surface area contributed by atoms with E-state index in [2.05, 4.69) is 19.2 Å². The summed E-state index contributed by atoms with van der Waals surface area (Å²) in [6, 6.07) is 0. The number of aliphatic imine (C=N–C) groups is 3. The number of allylic oxidation sites excluding steroid dienone is 12. The molecule has 1 aliphatic carbocycles. The van der Waals surface area contributed by atoms with Crippen molar-refractivity contribution in [1.82, 2.24) is 5.32 Å². The number of esters is 2. The van der Waals surface area contributed by atoms with E-state index in [-0.39, 0.29) is 61.6 Å². The third-order valence-corrected chi connectivity index (χ3v) is 10.8. The van der Waals surface area contributed by atoms with Gasteiger partial charge in [-0.2, -0.15) is 0 Å². The molecular weight excluding hydrogens is 716 g/mol. The van der Waals surface area contributed by atoms with Gasteiger partial charge in [0.15, 0.2) is 5.78 Å². The SMILES string of the molecule is CCC1=C(C)C2=NC1=CC1=C(C)C3=C(O)CC(=C4NC(=CC5=NC(=C2)C(C(C)=O)=C5C)[C@@H](C)[C@@H]4CCC(=O)OCCOCCOCCOCCOC(C)=O)C3=N1. The Labute approximate surface area is 328 Å². The van der Waals surface area contributed by atoms with Crippen LogP contribution in [0, 0.1) is 11.8 Å². The van der Waals surface area contributed by atoms with Crippen molar-refractivity contribution in [3.63, 3.8) is 0 Å². The zero-order chi connectivity index (χ0) is 40.1. The Kier molecular flexibility index (Phi) is 13.0. The van der Waals surface area contributed by atoms with Crippen molar-refractivity contribution in [2.75, 3.05) is 52.9 Å². The van der Waals surface area contributed by atoms with Gasteiger partial charge in [0.25, 0.3) is 0 Å². The topological polar surface area (TPSA) is 167 Å². The van der Waals surface area contributed by atoms with Crippen LogP contribution in [0.4, 0.5) is 0 Å². The summed E-state index contributed by atoms with van der Waals surface area (Å²) in [5, 5.41) is 15.0. The maximum Gasteiger partial charge on any atom is 0.305 e. The Balaban J connectivity index is 1.16. The monoisotopic (exact) mass is 768 g/mol. The molecule has 5 aliphatic heterocycles. The van der Waals surface area contributed by atoms with Gasteiger partial charge in [0.05, 0.1) is 73.9 Å². The summed E-state index contributed by atoms with van der Waals surface area (Å²) in [4.78, 5) is 51.9. The Morgan fingerprint density at radius 1 is 0.804 bits per heavy atom. The summed E-state index contributed by atoms with van der Waals surface area (Å²) in [6.45, 7) is 15.5. The van der Waals surface area contributed by atoms with E-state index in [1.807, 2.05) is 39.0 Å². The lowest BCUT2D eigenvalue weighted by atomic mass is 9.86. The molecule has 6 aliphatic rings.